The molecule has 0 saturated carbocycles. The molecule has 0 radical (unpaired) electrons. The number of nitrogens with zero attached hydrogens (tertiary/aromatic N) is 4. The molecule has 122 valence electrons. The van der Waals surface area contributed by atoms with Crippen LogP contribution in [-0.2, 0) is 0 Å². The molecular formula is C18H18N4OS. The van der Waals surface area contributed by atoms with Gasteiger partial charge < -0.3 is 4.90 Å². The predicted octanol–water partition coefficient (Wildman–Crippen LogP) is 3.77. The van der Waals surface area contributed by atoms with E-state index in [1.165, 1.54) is 12.8 Å². The second-order valence-electron chi connectivity index (χ2n) is 5.95. The summed E-state index contributed by atoms with van der Waals surface area (Å²) >= 11 is 1.55. The van der Waals surface area contributed by atoms with Crippen molar-refractivity contribution in [3.63, 3.8) is 0 Å². The fraction of sp³-hybridized carbons (Fsp3) is 0.333. The number of amides is 1. The second kappa shape index (κ2) is 6.65. The van der Waals surface area contributed by atoms with E-state index in [4.69, 9.17) is 0 Å². The van der Waals surface area contributed by atoms with Gasteiger partial charge in [0.2, 0.25) is 0 Å². The number of benzene rings is 1. The van der Waals surface area contributed by atoms with Crippen LogP contribution in [0.1, 0.15) is 36.2 Å². The van der Waals surface area contributed by atoms with Gasteiger partial charge in [-0.25, -0.2) is 15.0 Å². The quantitative estimate of drug-likeness (QED) is 0.714. The van der Waals surface area contributed by atoms with Crippen LogP contribution < -0.4 is 0 Å². The molecule has 24 heavy (non-hydrogen) atoms. The van der Waals surface area contributed by atoms with E-state index in [1.54, 1.807) is 23.7 Å². The lowest BCUT2D eigenvalue weighted by Crippen LogP contribution is -2.33. The smallest absolute Gasteiger partial charge is 0.274 e. The maximum Gasteiger partial charge on any atom is 0.274 e. The number of rotatable bonds is 2. The number of thiazole rings is 1. The molecule has 1 aliphatic rings. The molecule has 6 heteroatoms. The number of hydrogen-bond acceptors (Lipinski definition) is 5. The molecule has 0 spiro atoms. The third-order valence-electron chi connectivity index (χ3n) is 4.29. The Labute approximate surface area is 144 Å². The van der Waals surface area contributed by atoms with Crippen molar-refractivity contribution in [1.82, 2.24) is 19.9 Å². The van der Waals surface area contributed by atoms with E-state index in [2.05, 4.69) is 15.0 Å². The van der Waals surface area contributed by atoms with Crippen LogP contribution in [0, 0.1) is 0 Å². The number of aromatic nitrogens is 3. The Balaban J connectivity index is 1.73. The van der Waals surface area contributed by atoms with Crippen molar-refractivity contribution >= 4 is 27.5 Å². The zero-order chi connectivity index (χ0) is 16.4. The van der Waals surface area contributed by atoms with Gasteiger partial charge in [-0.05, 0) is 25.0 Å². The Hall–Kier alpha value is -2.34. The zero-order valence-electron chi connectivity index (χ0n) is 13.3. The number of hydrogen-bond donors (Lipinski definition) is 0. The molecule has 1 aromatic carbocycles. The van der Waals surface area contributed by atoms with Crippen molar-refractivity contribution < 1.29 is 4.79 Å². The molecule has 3 heterocycles. The van der Waals surface area contributed by atoms with Crippen LogP contribution in [0.15, 0.2) is 36.7 Å². The van der Waals surface area contributed by atoms with Gasteiger partial charge in [-0.1, -0.05) is 25.0 Å². The minimum absolute atomic E-state index is 0.0285. The van der Waals surface area contributed by atoms with Crippen molar-refractivity contribution in [2.24, 2.45) is 0 Å². The maximum absolute atomic E-state index is 13.0. The normalized spacial score (nSPS) is 15.4. The van der Waals surface area contributed by atoms with Gasteiger partial charge in [-0.15, -0.1) is 11.3 Å². The highest BCUT2D eigenvalue weighted by molar-refractivity contribution is 7.21. The monoisotopic (exact) mass is 338 g/mol. The Morgan fingerprint density at radius 1 is 1.00 bits per heavy atom. The van der Waals surface area contributed by atoms with Crippen molar-refractivity contribution in [3.8, 4) is 10.7 Å². The largest absolute Gasteiger partial charge is 0.337 e. The number of carbonyl (C=O) groups excluding carboxylic acids is 1. The Morgan fingerprint density at radius 3 is 2.54 bits per heavy atom. The fourth-order valence-electron chi connectivity index (χ4n) is 3.05. The minimum Gasteiger partial charge on any atom is -0.337 e. The number of likely N-dealkylation sites (tertiary alicyclic amines) is 1. The molecule has 3 aromatic rings. The van der Waals surface area contributed by atoms with E-state index in [9.17, 15) is 4.79 Å². The summed E-state index contributed by atoms with van der Waals surface area (Å²) < 4.78 is 1.09. The second-order valence-corrected chi connectivity index (χ2v) is 6.98. The summed E-state index contributed by atoms with van der Waals surface area (Å²) in [4.78, 5) is 28.3. The van der Waals surface area contributed by atoms with E-state index < -0.39 is 0 Å². The van der Waals surface area contributed by atoms with Crippen LogP contribution in [-0.4, -0.2) is 38.8 Å². The molecule has 0 aliphatic carbocycles. The molecule has 5 nitrogen and oxygen atoms in total. The van der Waals surface area contributed by atoms with E-state index in [-0.39, 0.29) is 5.91 Å². The summed E-state index contributed by atoms with van der Waals surface area (Å²) in [6.07, 6.45) is 7.71. The van der Waals surface area contributed by atoms with Gasteiger partial charge in [0, 0.05) is 25.5 Å². The molecule has 4 rings (SSSR count). The van der Waals surface area contributed by atoms with Crippen LogP contribution in [0.2, 0.25) is 0 Å². The van der Waals surface area contributed by atoms with Crippen LogP contribution in [0.5, 0.6) is 0 Å². The predicted molar refractivity (Wildman–Crippen MR) is 95.0 cm³/mol. The van der Waals surface area contributed by atoms with Crippen molar-refractivity contribution in [2.75, 3.05) is 13.1 Å². The van der Waals surface area contributed by atoms with Gasteiger partial charge >= 0.3 is 0 Å². The van der Waals surface area contributed by atoms with Gasteiger partial charge in [0.1, 0.15) is 10.7 Å². The van der Waals surface area contributed by atoms with E-state index in [0.29, 0.717) is 11.4 Å². The minimum atomic E-state index is -0.0285. The lowest BCUT2D eigenvalue weighted by molar-refractivity contribution is 0.0756. The maximum atomic E-state index is 13.0. The number of carbonyl (C=O) groups is 1. The summed E-state index contributed by atoms with van der Waals surface area (Å²) in [5.74, 6) is -0.0285. The SMILES string of the molecule is O=C(c1nccnc1-c1nc2ccccc2s1)N1CCCCCC1. The van der Waals surface area contributed by atoms with Crippen LogP contribution in [0.4, 0.5) is 0 Å². The first-order valence-corrected chi connectivity index (χ1v) is 9.11. The van der Waals surface area contributed by atoms with Crippen molar-refractivity contribution in [2.45, 2.75) is 25.7 Å². The molecular weight excluding hydrogens is 320 g/mol. The van der Waals surface area contributed by atoms with Crippen LogP contribution >= 0.6 is 11.3 Å². The summed E-state index contributed by atoms with van der Waals surface area (Å²) in [5, 5.41) is 0.752. The topological polar surface area (TPSA) is 59.0 Å². The Morgan fingerprint density at radius 2 is 1.75 bits per heavy atom. The summed E-state index contributed by atoms with van der Waals surface area (Å²) in [6, 6.07) is 7.96. The van der Waals surface area contributed by atoms with Crippen molar-refractivity contribution in [3.05, 3.63) is 42.4 Å². The zero-order valence-corrected chi connectivity index (χ0v) is 14.1. The summed E-state index contributed by atoms with van der Waals surface area (Å²) in [6.45, 7) is 1.60. The molecule has 1 saturated heterocycles. The standard InChI is InChI=1S/C18H18N4OS/c23-18(22-11-5-1-2-6-12-22)16-15(19-9-10-20-16)17-21-13-7-3-4-8-14(13)24-17/h3-4,7-10H,1-2,5-6,11-12H2. The highest BCUT2D eigenvalue weighted by atomic mass is 32.1. The first-order valence-electron chi connectivity index (χ1n) is 8.29. The molecule has 0 N–H and O–H groups in total. The average molecular weight is 338 g/mol. The van der Waals surface area contributed by atoms with Crippen molar-refractivity contribution in [1.29, 1.82) is 0 Å². The molecule has 0 unspecified atom stereocenters. The lowest BCUT2D eigenvalue weighted by Gasteiger charge is -2.20. The van der Waals surface area contributed by atoms with Gasteiger partial charge in [0.15, 0.2) is 5.69 Å². The number of fused-ring (bicyclic) bond motifs is 1. The number of para-hydroxylation sites is 1. The summed E-state index contributed by atoms with van der Waals surface area (Å²) in [7, 11) is 0. The first-order chi connectivity index (χ1) is 11.8. The highest BCUT2D eigenvalue weighted by Gasteiger charge is 2.24. The average Bonchev–Trinajstić information content (AvgIpc) is 2.87. The van der Waals surface area contributed by atoms with Crippen LogP contribution in [0.3, 0.4) is 0 Å². The molecule has 0 atom stereocenters. The van der Waals surface area contributed by atoms with Gasteiger partial charge in [-0.2, -0.15) is 0 Å². The molecule has 1 amide bonds. The lowest BCUT2D eigenvalue weighted by atomic mass is 10.2. The highest BCUT2D eigenvalue weighted by Crippen LogP contribution is 2.30. The van der Waals surface area contributed by atoms with Gasteiger partial charge in [0.25, 0.3) is 5.91 Å². The molecule has 2 aromatic heterocycles. The summed E-state index contributed by atoms with van der Waals surface area (Å²) in [5.41, 5.74) is 1.93. The third-order valence-corrected chi connectivity index (χ3v) is 5.33. The Kier molecular flexibility index (Phi) is 4.21. The van der Waals surface area contributed by atoms with E-state index in [1.807, 2.05) is 29.2 Å². The van der Waals surface area contributed by atoms with E-state index >= 15 is 0 Å². The fourth-order valence-corrected chi connectivity index (χ4v) is 4.01. The van der Waals surface area contributed by atoms with Gasteiger partial charge in [0.05, 0.1) is 10.2 Å². The van der Waals surface area contributed by atoms with E-state index in [0.717, 1.165) is 41.2 Å². The van der Waals surface area contributed by atoms with Gasteiger partial charge in [-0.3, -0.25) is 4.79 Å². The third kappa shape index (κ3) is 2.89. The Bertz CT molecular complexity index is 835. The van der Waals surface area contributed by atoms with Crippen LogP contribution in [0.25, 0.3) is 20.9 Å². The first kappa shape index (κ1) is 15.2. The molecule has 1 fully saturated rings. The molecule has 0 bridgehead atoms. The molecule has 1 aliphatic heterocycles.